The fraction of sp³-hybridized carbons (Fsp3) is 0.500. The van der Waals surface area contributed by atoms with Crippen molar-refractivity contribution in [2.45, 2.75) is 18.7 Å². The van der Waals surface area contributed by atoms with Crippen LogP contribution in [-0.4, -0.2) is 35.8 Å². The summed E-state index contributed by atoms with van der Waals surface area (Å²) >= 11 is 4.79. The Kier molecular flexibility index (Phi) is 3.89. The summed E-state index contributed by atoms with van der Waals surface area (Å²) in [6.07, 6.45) is 1.32. The number of hydrogen-bond donors (Lipinski definition) is 1. The van der Waals surface area contributed by atoms with Gasteiger partial charge in [-0.25, -0.2) is 8.42 Å². The third-order valence-corrected chi connectivity index (χ3v) is 5.61. The Balaban J connectivity index is 2.27. The molecule has 1 aliphatic heterocycles. The normalized spacial score (nSPS) is 24.5. The van der Waals surface area contributed by atoms with Crippen molar-refractivity contribution in [3.8, 4) is 0 Å². The molecule has 2 unspecified atom stereocenters. The molecule has 0 spiro atoms. The first-order chi connectivity index (χ1) is 8.82. The van der Waals surface area contributed by atoms with E-state index in [0.717, 1.165) is 0 Å². The standard InChI is InChI=1S/C12H17N3O2S2/c1-8-6-15(7-9(8)2)19(16,17)10-3-4-11(12(13)18)14-5-10/h3-5,8-9H,6-7H2,1-2H3,(H2,13,18). The SMILES string of the molecule is CC1CN(S(=O)(=O)c2ccc(C(N)=S)nc2)CC1C. The lowest BCUT2D eigenvalue weighted by Crippen LogP contribution is -2.29. The van der Waals surface area contributed by atoms with Crippen LogP contribution in [-0.2, 0) is 10.0 Å². The lowest BCUT2D eigenvalue weighted by atomic mass is 10.0. The van der Waals surface area contributed by atoms with Gasteiger partial charge in [-0.3, -0.25) is 4.98 Å². The number of thiocarbonyl (C=S) groups is 1. The van der Waals surface area contributed by atoms with Gasteiger partial charge in [-0.2, -0.15) is 4.31 Å². The van der Waals surface area contributed by atoms with Crippen molar-refractivity contribution in [2.24, 2.45) is 17.6 Å². The van der Waals surface area contributed by atoms with Crippen LogP contribution in [0.1, 0.15) is 19.5 Å². The Labute approximate surface area is 118 Å². The van der Waals surface area contributed by atoms with Gasteiger partial charge < -0.3 is 5.73 Å². The molecular weight excluding hydrogens is 282 g/mol. The largest absolute Gasteiger partial charge is 0.388 e. The summed E-state index contributed by atoms with van der Waals surface area (Å²) in [5.41, 5.74) is 5.87. The van der Waals surface area contributed by atoms with E-state index in [2.05, 4.69) is 18.8 Å². The minimum atomic E-state index is -3.46. The lowest BCUT2D eigenvalue weighted by Gasteiger charge is -2.16. The summed E-state index contributed by atoms with van der Waals surface area (Å²) < 4.78 is 26.4. The minimum absolute atomic E-state index is 0.160. The van der Waals surface area contributed by atoms with Crippen LogP contribution < -0.4 is 5.73 Å². The maximum atomic E-state index is 12.4. The Morgan fingerprint density at radius 1 is 1.37 bits per heavy atom. The highest BCUT2D eigenvalue weighted by Crippen LogP contribution is 2.27. The molecule has 0 amide bonds. The van der Waals surface area contributed by atoms with Gasteiger partial charge in [0.2, 0.25) is 10.0 Å². The highest BCUT2D eigenvalue weighted by atomic mass is 32.2. The van der Waals surface area contributed by atoms with Crippen molar-refractivity contribution < 1.29 is 8.42 Å². The summed E-state index contributed by atoms with van der Waals surface area (Å²) in [5, 5.41) is 0. The Hall–Kier alpha value is -1.05. The van der Waals surface area contributed by atoms with E-state index in [1.54, 1.807) is 0 Å². The monoisotopic (exact) mass is 299 g/mol. The third-order valence-electron chi connectivity index (χ3n) is 3.58. The zero-order chi connectivity index (χ0) is 14.2. The molecule has 5 nitrogen and oxygen atoms in total. The lowest BCUT2D eigenvalue weighted by molar-refractivity contribution is 0.463. The average molecular weight is 299 g/mol. The molecule has 0 saturated carbocycles. The van der Waals surface area contributed by atoms with Crippen LogP contribution in [0.2, 0.25) is 0 Å². The number of sulfonamides is 1. The molecule has 0 bridgehead atoms. The molecule has 2 N–H and O–H groups in total. The predicted octanol–water partition coefficient (Wildman–Crippen LogP) is 0.992. The van der Waals surface area contributed by atoms with Crippen LogP contribution in [0.15, 0.2) is 23.2 Å². The van der Waals surface area contributed by atoms with E-state index >= 15 is 0 Å². The van der Waals surface area contributed by atoms with Crippen LogP contribution in [0, 0.1) is 11.8 Å². The number of nitrogens with two attached hydrogens (primary N) is 1. The zero-order valence-electron chi connectivity index (χ0n) is 10.9. The van der Waals surface area contributed by atoms with E-state index in [4.69, 9.17) is 18.0 Å². The highest BCUT2D eigenvalue weighted by molar-refractivity contribution is 7.89. The number of rotatable bonds is 3. The Morgan fingerprint density at radius 3 is 2.37 bits per heavy atom. The van der Waals surface area contributed by atoms with Crippen LogP contribution in [0.5, 0.6) is 0 Å². The van der Waals surface area contributed by atoms with E-state index < -0.39 is 10.0 Å². The van der Waals surface area contributed by atoms with Gasteiger partial charge >= 0.3 is 0 Å². The summed E-state index contributed by atoms with van der Waals surface area (Å²) in [7, 11) is -3.46. The second-order valence-electron chi connectivity index (χ2n) is 5.02. The van der Waals surface area contributed by atoms with Crippen LogP contribution >= 0.6 is 12.2 Å². The van der Waals surface area contributed by atoms with Crippen LogP contribution in [0.4, 0.5) is 0 Å². The second kappa shape index (κ2) is 5.15. The van der Waals surface area contributed by atoms with Gasteiger partial charge in [0.05, 0.1) is 5.69 Å². The van der Waals surface area contributed by atoms with Crippen molar-refractivity contribution >= 4 is 27.2 Å². The van der Waals surface area contributed by atoms with E-state index in [1.807, 2.05) is 0 Å². The van der Waals surface area contributed by atoms with Crippen molar-refractivity contribution in [3.63, 3.8) is 0 Å². The molecule has 1 aliphatic rings. The van der Waals surface area contributed by atoms with Crippen molar-refractivity contribution in [1.29, 1.82) is 0 Å². The average Bonchev–Trinajstić information content (AvgIpc) is 2.70. The molecule has 2 rings (SSSR count). The van der Waals surface area contributed by atoms with Gasteiger partial charge in [-0.1, -0.05) is 26.1 Å². The first-order valence-corrected chi connectivity index (χ1v) is 7.93. The molecule has 7 heteroatoms. The van der Waals surface area contributed by atoms with Crippen molar-refractivity contribution in [1.82, 2.24) is 9.29 Å². The first kappa shape index (κ1) is 14.4. The fourth-order valence-corrected chi connectivity index (χ4v) is 3.81. The summed E-state index contributed by atoms with van der Waals surface area (Å²) in [5.74, 6) is 0.747. The molecule has 2 heterocycles. The molecule has 1 saturated heterocycles. The van der Waals surface area contributed by atoms with Gasteiger partial charge in [0.1, 0.15) is 9.88 Å². The second-order valence-corrected chi connectivity index (χ2v) is 7.40. The molecule has 1 fully saturated rings. The van der Waals surface area contributed by atoms with E-state index in [-0.39, 0.29) is 9.88 Å². The van der Waals surface area contributed by atoms with Gasteiger partial charge in [0.15, 0.2) is 0 Å². The fourth-order valence-electron chi connectivity index (χ4n) is 2.10. The summed E-state index contributed by atoms with van der Waals surface area (Å²) in [4.78, 5) is 4.33. The van der Waals surface area contributed by atoms with E-state index in [1.165, 1.54) is 22.6 Å². The van der Waals surface area contributed by atoms with Gasteiger partial charge in [0, 0.05) is 19.3 Å². The summed E-state index contributed by atoms with van der Waals surface area (Å²) in [6.45, 7) is 5.24. The molecule has 19 heavy (non-hydrogen) atoms. The predicted molar refractivity (Wildman–Crippen MR) is 77.2 cm³/mol. The van der Waals surface area contributed by atoms with Crippen LogP contribution in [0.3, 0.4) is 0 Å². The maximum absolute atomic E-state index is 12.4. The Morgan fingerprint density at radius 2 is 1.95 bits per heavy atom. The molecule has 104 valence electrons. The smallest absolute Gasteiger partial charge is 0.244 e. The first-order valence-electron chi connectivity index (χ1n) is 6.08. The number of hydrogen-bond acceptors (Lipinski definition) is 4. The third kappa shape index (κ3) is 2.77. The van der Waals surface area contributed by atoms with Crippen molar-refractivity contribution in [3.05, 3.63) is 24.0 Å². The zero-order valence-corrected chi connectivity index (χ0v) is 12.5. The number of nitrogens with zero attached hydrogens (tertiary/aromatic N) is 2. The van der Waals surface area contributed by atoms with E-state index in [9.17, 15) is 8.42 Å². The molecule has 0 aromatic carbocycles. The molecule has 2 atom stereocenters. The number of aromatic nitrogens is 1. The highest BCUT2D eigenvalue weighted by Gasteiger charge is 2.35. The van der Waals surface area contributed by atoms with Gasteiger partial charge in [-0.15, -0.1) is 0 Å². The number of pyridine rings is 1. The van der Waals surface area contributed by atoms with E-state index in [0.29, 0.717) is 30.6 Å². The Bertz CT molecular complexity index is 573. The quantitative estimate of drug-likeness (QED) is 0.842. The molecule has 1 aromatic heterocycles. The molecule has 0 aliphatic carbocycles. The molecule has 0 radical (unpaired) electrons. The van der Waals surface area contributed by atoms with Crippen molar-refractivity contribution in [2.75, 3.05) is 13.1 Å². The summed E-state index contributed by atoms with van der Waals surface area (Å²) in [6, 6.07) is 3.04. The van der Waals surface area contributed by atoms with Gasteiger partial charge in [0.25, 0.3) is 0 Å². The topological polar surface area (TPSA) is 76.3 Å². The van der Waals surface area contributed by atoms with Gasteiger partial charge in [-0.05, 0) is 24.0 Å². The minimum Gasteiger partial charge on any atom is -0.388 e. The molecule has 1 aromatic rings. The maximum Gasteiger partial charge on any atom is 0.244 e. The van der Waals surface area contributed by atoms with Crippen LogP contribution in [0.25, 0.3) is 0 Å². The molecular formula is C12H17N3O2S2.